The van der Waals surface area contributed by atoms with Gasteiger partial charge in [0.25, 0.3) is 0 Å². The van der Waals surface area contributed by atoms with Gasteiger partial charge in [0.2, 0.25) is 0 Å². The summed E-state index contributed by atoms with van der Waals surface area (Å²) in [4.78, 5) is 19.6. The van der Waals surface area contributed by atoms with Crippen molar-refractivity contribution in [2.45, 2.75) is 13.5 Å². The Morgan fingerprint density at radius 3 is 2.53 bits per heavy atom. The minimum Gasteiger partial charge on any atom is -0.489 e. The molecule has 7 nitrogen and oxygen atoms in total. The van der Waals surface area contributed by atoms with Crippen LogP contribution in [0.15, 0.2) is 79.0 Å². The fourth-order valence-corrected chi connectivity index (χ4v) is 4.51. The Morgan fingerprint density at radius 1 is 1.00 bits per heavy atom. The van der Waals surface area contributed by atoms with E-state index in [2.05, 4.69) is 4.98 Å². The summed E-state index contributed by atoms with van der Waals surface area (Å²) in [5.41, 5.74) is 4.36. The molecule has 0 aliphatic heterocycles. The first kappa shape index (κ1) is 23.8. The van der Waals surface area contributed by atoms with Crippen molar-refractivity contribution < 1.29 is 9.66 Å². The Morgan fingerprint density at radius 2 is 1.78 bits per heavy atom. The first-order valence-corrected chi connectivity index (χ1v) is 11.9. The highest BCUT2D eigenvalue weighted by Crippen LogP contribution is 2.37. The monoisotopic (exact) mass is 518 g/mol. The van der Waals surface area contributed by atoms with Crippen LogP contribution in [-0.4, -0.2) is 26.1 Å². The Labute approximate surface area is 217 Å². The van der Waals surface area contributed by atoms with Gasteiger partial charge in [0.05, 0.1) is 11.2 Å². The number of imidazole rings is 1. The van der Waals surface area contributed by atoms with Gasteiger partial charge in [-0.15, -0.1) is 0 Å². The van der Waals surface area contributed by atoms with E-state index in [1.807, 2.05) is 72.8 Å². The average Bonchev–Trinajstić information content (AvgIpc) is 3.25. The summed E-state index contributed by atoms with van der Waals surface area (Å²) in [5, 5.41) is 13.3. The fraction of sp³-hybridized carbons (Fsp3) is 0.111. The van der Waals surface area contributed by atoms with Gasteiger partial charge in [-0.3, -0.25) is 0 Å². The first-order valence-electron chi connectivity index (χ1n) is 11.2. The molecule has 0 N–H and O–H groups in total. The number of ether oxygens (including phenoxy) is 1. The zero-order valence-electron chi connectivity index (χ0n) is 19.2. The van der Waals surface area contributed by atoms with E-state index < -0.39 is 4.92 Å². The minimum absolute atomic E-state index is 0.0514. The number of halogens is 2. The number of hydrogen-bond donors (Lipinski definition) is 0. The van der Waals surface area contributed by atoms with Gasteiger partial charge in [0.1, 0.15) is 25.1 Å². The number of benzene rings is 3. The molecule has 0 spiro atoms. The molecule has 9 heteroatoms. The topological polar surface area (TPSA) is 83.1 Å². The SMILES string of the molecule is Cc1ncc([N+](=O)[O-])n1CCOc1ccc(-c2cc(-c3ccccc3Cl)c3cc(Cl)ccc3n2)cc1. The highest BCUT2D eigenvalue weighted by atomic mass is 35.5. The van der Waals surface area contributed by atoms with Crippen LogP contribution in [0.25, 0.3) is 33.3 Å². The lowest BCUT2D eigenvalue weighted by molar-refractivity contribution is -0.392. The molecule has 180 valence electrons. The summed E-state index contributed by atoms with van der Waals surface area (Å²) in [5.74, 6) is 1.17. The van der Waals surface area contributed by atoms with E-state index in [0.717, 1.165) is 33.3 Å². The van der Waals surface area contributed by atoms with Crippen molar-refractivity contribution in [1.82, 2.24) is 14.5 Å². The van der Waals surface area contributed by atoms with E-state index in [1.165, 1.54) is 10.8 Å². The molecule has 0 radical (unpaired) electrons. The molecule has 5 rings (SSSR count). The number of hydrogen-bond acceptors (Lipinski definition) is 5. The summed E-state index contributed by atoms with van der Waals surface area (Å²) >= 11 is 12.8. The number of aryl methyl sites for hydroxylation is 1. The summed E-state index contributed by atoms with van der Waals surface area (Å²) in [6.45, 7) is 2.31. The molecule has 0 unspecified atom stereocenters. The molecule has 0 saturated carbocycles. The molecule has 0 fully saturated rings. The van der Waals surface area contributed by atoms with Crippen LogP contribution in [-0.2, 0) is 6.54 Å². The predicted molar refractivity (Wildman–Crippen MR) is 142 cm³/mol. The van der Waals surface area contributed by atoms with Crippen LogP contribution in [0.2, 0.25) is 10.0 Å². The van der Waals surface area contributed by atoms with E-state index >= 15 is 0 Å². The van der Waals surface area contributed by atoms with Crippen LogP contribution >= 0.6 is 23.2 Å². The molecule has 5 aromatic rings. The Kier molecular flexibility index (Phi) is 6.59. The van der Waals surface area contributed by atoms with E-state index in [9.17, 15) is 10.1 Å². The molecular weight excluding hydrogens is 499 g/mol. The lowest BCUT2D eigenvalue weighted by Crippen LogP contribution is -2.11. The second-order valence-electron chi connectivity index (χ2n) is 8.14. The molecular formula is C27H20Cl2N4O3. The number of nitro groups is 1. The molecule has 36 heavy (non-hydrogen) atoms. The quantitative estimate of drug-likeness (QED) is 0.166. The maximum Gasteiger partial charge on any atom is 0.342 e. The second kappa shape index (κ2) is 9.97. The van der Waals surface area contributed by atoms with Gasteiger partial charge < -0.3 is 14.9 Å². The third-order valence-electron chi connectivity index (χ3n) is 5.89. The van der Waals surface area contributed by atoms with Crippen molar-refractivity contribution in [1.29, 1.82) is 0 Å². The molecule has 0 bridgehead atoms. The maximum absolute atomic E-state index is 11.2. The van der Waals surface area contributed by atoms with Gasteiger partial charge >= 0.3 is 5.82 Å². The first-order chi connectivity index (χ1) is 17.4. The standard InChI is InChI=1S/C27H20Cl2N4O3/c1-17-30-16-27(33(34)35)32(17)12-13-36-20-9-6-18(7-10-20)26-15-22(21-4-2-3-5-24(21)29)23-14-19(28)8-11-25(23)31-26/h2-11,14-16H,12-13H2,1H3. The van der Waals surface area contributed by atoms with Gasteiger partial charge in [-0.2, -0.15) is 0 Å². The number of nitrogens with zero attached hydrogens (tertiary/aromatic N) is 4. The van der Waals surface area contributed by atoms with Gasteiger partial charge in [0, 0.05) is 33.5 Å². The lowest BCUT2D eigenvalue weighted by Gasteiger charge is -2.12. The largest absolute Gasteiger partial charge is 0.489 e. The van der Waals surface area contributed by atoms with E-state index in [-0.39, 0.29) is 12.4 Å². The van der Waals surface area contributed by atoms with Crippen LogP contribution in [0.4, 0.5) is 5.82 Å². The van der Waals surface area contributed by atoms with Crippen LogP contribution in [0, 0.1) is 17.0 Å². The fourth-order valence-electron chi connectivity index (χ4n) is 4.10. The Bertz CT molecular complexity index is 1580. The predicted octanol–water partition coefficient (Wildman–Crippen LogP) is 7.37. The highest BCUT2D eigenvalue weighted by molar-refractivity contribution is 6.34. The summed E-state index contributed by atoms with van der Waals surface area (Å²) in [6.07, 6.45) is 1.26. The van der Waals surface area contributed by atoms with Crippen molar-refractivity contribution in [2.24, 2.45) is 0 Å². The van der Waals surface area contributed by atoms with Gasteiger partial charge in [-0.05, 0) is 65.1 Å². The smallest absolute Gasteiger partial charge is 0.342 e. The Hall–Kier alpha value is -3.94. The van der Waals surface area contributed by atoms with E-state index in [0.29, 0.717) is 28.2 Å². The molecule has 0 aliphatic rings. The van der Waals surface area contributed by atoms with Gasteiger partial charge in [-0.1, -0.05) is 41.4 Å². The molecule has 2 aromatic heterocycles. The molecule has 2 heterocycles. The van der Waals surface area contributed by atoms with E-state index in [4.69, 9.17) is 32.9 Å². The number of rotatable bonds is 7. The maximum atomic E-state index is 11.2. The molecule has 3 aromatic carbocycles. The van der Waals surface area contributed by atoms with Crippen LogP contribution in [0.1, 0.15) is 5.82 Å². The van der Waals surface area contributed by atoms with Crippen molar-refractivity contribution in [3.05, 3.63) is 105 Å². The second-order valence-corrected chi connectivity index (χ2v) is 8.99. The zero-order chi connectivity index (χ0) is 25.2. The Balaban J connectivity index is 1.41. The third-order valence-corrected chi connectivity index (χ3v) is 6.45. The third kappa shape index (κ3) is 4.76. The summed E-state index contributed by atoms with van der Waals surface area (Å²) < 4.78 is 7.35. The van der Waals surface area contributed by atoms with Crippen molar-refractivity contribution in [2.75, 3.05) is 6.61 Å². The van der Waals surface area contributed by atoms with E-state index in [1.54, 1.807) is 6.92 Å². The number of pyridine rings is 1. The van der Waals surface area contributed by atoms with Crippen LogP contribution < -0.4 is 4.74 Å². The molecule has 0 aliphatic carbocycles. The minimum atomic E-state index is -0.448. The van der Waals surface area contributed by atoms with Gasteiger partial charge in [0.15, 0.2) is 5.82 Å². The summed E-state index contributed by atoms with van der Waals surface area (Å²) in [7, 11) is 0. The van der Waals surface area contributed by atoms with Gasteiger partial charge in [-0.25, -0.2) is 14.5 Å². The number of fused-ring (bicyclic) bond motifs is 1. The average molecular weight is 519 g/mol. The summed E-state index contributed by atoms with van der Waals surface area (Å²) in [6, 6.07) is 22.9. The highest BCUT2D eigenvalue weighted by Gasteiger charge is 2.17. The molecule has 0 saturated heterocycles. The normalized spacial score (nSPS) is 11.1. The molecule has 0 atom stereocenters. The van der Waals surface area contributed by atoms with Crippen molar-refractivity contribution >= 4 is 39.9 Å². The molecule has 0 amide bonds. The van der Waals surface area contributed by atoms with Crippen LogP contribution in [0.5, 0.6) is 5.75 Å². The zero-order valence-corrected chi connectivity index (χ0v) is 20.7. The lowest BCUT2D eigenvalue weighted by atomic mass is 9.98. The number of aromatic nitrogens is 3. The van der Waals surface area contributed by atoms with Crippen molar-refractivity contribution in [3.8, 4) is 28.1 Å². The van der Waals surface area contributed by atoms with Crippen LogP contribution in [0.3, 0.4) is 0 Å². The van der Waals surface area contributed by atoms with Crippen molar-refractivity contribution in [3.63, 3.8) is 0 Å².